The minimum Gasteiger partial charge on any atom is -0.351 e. The first-order valence-electron chi connectivity index (χ1n) is 6.39. The van der Waals surface area contributed by atoms with Gasteiger partial charge in [-0.2, -0.15) is 0 Å². The number of carbonyl (C=O) groups is 1. The highest BCUT2D eigenvalue weighted by atomic mass is 35.5. The van der Waals surface area contributed by atoms with Crippen LogP contribution < -0.4 is 10.6 Å². The van der Waals surface area contributed by atoms with Crippen molar-refractivity contribution < 1.29 is 4.79 Å². The molecule has 1 rings (SSSR count). The Hall–Kier alpha value is -0.710. The SMILES string of the molecule is CCNCCNC(=O)c1ccc(SC(C)C)cc1.Cl. The van der Waals surface area contributed by atoms with E-state index >= 15 is 0 Å². The van der Waals surface area contributed by atoms with Crippen molar-refractivity contribution >= 4 is 30.1 Å². The average molecular weight is 303 g/mol. The second-order valence-electron chi connectivity index (χ2n) is 4.30. The van der Waals surface area contributed by atoms with Crippen molar-refractivity contribution in [2.45, 2.75) is 30.9 Å². The normalized spacial score (nSPS) is 10.1. The predicted octanol–water partition coefficient (Wildman–Crippen LogP) is 2.95. The van der Waals surface area contributed by atoms with Gasteiger partial charge in [-0.1, -0.05) is 20.8 Å². The van der Waals surface area contributed by atoms with Crippen molar-refractivity contribution in [3.63, 3.8) is 0 Å². The number of amides is 1. The Morgan fingerprint density at radius 2 is 1.84 bits per heavy atom. The van der Waals surface area contributed by atoms with Gasteiger partial charge in [0.2, 0.25) is 0 Å². The molecule has 2 N–H and O–H groups in total. The van der Waals surface area contributed by atoms with Gasteiger partial charge in [0, 0.05) is 28.8 Å². The molecular formula is C14H23ClN2OS. The quantitative estimate of drug-likeness (QED) is 0.601. The zero-order chi connectivity index (χ0) is 13.4. The van der Waals surface area contributed by atoms with Crippen LogP contribution in [0.2, 0.25) is 0 Å². The molecular weight excluding hydrogens is 280 g/mol. The van der Waals surface area contributed by atoms with Crippen LogP contribution in [0, 0.1) is 0 Å². The summed E-state index contributed by atoms with van der Waals surface area (Å²) in [6, 6.07) is 7.77. The number of likely N-dealkylation sites (N-methyl/N-ethyl adjacent to an activating group) is 1. The molecule has 0 aliphatic rings. The van der Waals surface area contributed by atoms with E-state index in [-0.39, 0.29) is 18.3 Å². The maximum absolute atomic E-state index is 11.8. The third kappa shape index (κ3) is 7.45. The summed E-state index contributed by atoms with van der Waals surface area (Å²) in [6.45, 7) is 8.76. The fourth-order valence-electron chi connectivity index (χ4n) is 1.50. The van der Waals surface area contributed by atoms with Crippen molar-refractivity contribution in [1.82, 2.24) is 10.6 Å². The highest BCUT2D eigenvalue weighted by Crippen LogP contribution is 2.22. The van der Waals surface area contributed by atoms with Crippen LogP contribution in [0.1, 0.15) is 31.1 Å². The lowest BCUT2D eigenvalue weighted by Gasteiger charge is -2.07. The fraction of sp³-hybridized carbons (Fsp3) is 0.500. The first-order chi connectivity index (χ1) is 8.63. The summed E-state index contributed by atoms with van der Waals surface area (Å²) in [4.78, 5) is 13.0. The van der Waals surface area contributed by atoms with Crippen LogP contribution in [-0.4, -0.2) is 30.8 Å². The van der Waals surface area contributed by atoms with E-state index in [1.54, 1.807) is 11.8 Å². The number of carbonyl (C=O) groups excluding carboxylic acids is 1. The lowest BCUT2D eigenvalue weighted by molar-refractivity contribution is 0.0954. The minimum atomic E-state index is -0.00556. The van der Waals surface area contributed by atoms with Crippen molar-refractivity contribution in [2.24, 2.45) is 0 Å². The molecule has 0 saturated carbocycles. The summed E-state index contributed by atoms with van der Waals surface area (Å²) in [5.41, 5.74) is 0.722. The molecule has 0 fully saturated rings. The molecule has 1 aromatic rings. The molecule has 0 spiro atoms. The van der Waals surface area contributed by atoms with Gasteiger partial charge in [0.05, 0.1) is 0 Å². The number of rotatable bonds is 7. The monoisotopic (exact) mass is 302 g/mol. The van der Waals surface area contributed by atoms with Gasteiger partial charge in [0.1, 0.15) is 0 Å². The Morgan fingerprint density at radius 3 is 2.37 bits per heavy atom. The molecule has 0 aliphatic carbocycles. The molecule has 108 valence electrons. The van der Waals surface area contributed by atoms with Crippen molar-refractivity contribution in [3.05, 3.63) is 29.8 Å². The summed E-state index contributed by atoms with van der Waals surface area (Å²) >= 11 is 1.80. The number of thioether (sulfide) groups is 1. The summed E-state index contributed by atoms with van der Waals surface area (Å²) in [6.07, 6.45) is 0. The van der Waals surface area contributed by atoms with Gasteiger partial charge in [-0.05, 0) is 30.8 Å². The van der Waals surface area contributed by atoms with E-state index in [2.05, 4.69) is 24.5 Å². The lowest BCUT2D eigenvalue weighted by atomic mass is 10.2. The number of hydrogen-bond acceptors (Lipinski definition) is 3. The van der Waals surface area contributed by atoms with Crippen molar-refractivity contribution in [2.75, 3.05) is 19.6 Å². The number of benzene rings is 1. The molecule has 0 saturated heterocycles. The first kappa shape index (κ1) is 18.3. The molecule has 0 radical (unpaired) electrons. The largest absolute Gasteiger partial charge is 0.351 e. The topological polar surface area (TPSA) is 41.1 Å². The molecule has 0 atom stereocenters. The van der Waals surface area contributed by atoms with Gasteiger partial charge in [-0.25, -0.2) is 0 Å². The van der Waals surface area contributed by atoms with Gasteiger partial charge in [0.15, 0.2) is 0 Å². The summed E-state index contributed by atoms with van der Waals surface area (Å²) in [7, 11) is 0. The predicted molar refractivity (Wildman–Crippen MR) is 85.6 cm³/mol. The Labute approximate surface area is 126 Å². The molecule has 0 aliphatic heterocycles. The van der Waals surface area contributed by atoms with E-state index in [4.69, 9.17) is 0 Å². The van der Waals surface area contributed by atoms with Crippen LogP contribution in [0.15, 0.2) is 29.2 Å². The van der Waals surface area contributed by atoms with Crippen LogP contribution in [0.4, 0.5) is 0 Å². The Morgan fingerprint density at radius 1 is 1.21 bits per heavy atom. The molecule has 0 bridgehead atoms. The fourth-order valence-corrected chi connectivity index (χ4v) is 2.34. The van der Waals surface area contributed by atoms with Gasteiger partial charge in [-0.15, -0.1) is 24.2 Å². The van der Waals surface area contributed by atoms with Crippen LogP contribution in [0.3, 0.4) is 0 Å². The van der Waals surface area contributed by atoms with Crippen LogP contribution in [0.25, 0.3) is 0 Å². The molecule has 0 heterocycles. The molecule has 5 heteroatoms. The number of halogens is 1. The van der Waals surface area contributed by atoms with E-state index in [1.165, 1.54) is 4.90 Å². The lowest BCUT2D eigenvalue weighted by Crippen LogP contribution is -2.31. The van der Waals surface area contributed by atoms with Gasteiger partial charge in [-0.3, -0.25) is 4.79 Å². The Bertz CT molecular complexity index is 368. The van der Waals surface area contributed by atoms with E-state index in [0.717, 1.165) is 18.7 Å². The van der Waals surface area contributed by atoms with Crippen LogP contribution in [-0.2, 0) is 0 Å². The molecule has 19 heavy (non-hydrogen) atoms. The second-order valence-corrected chi connectivity index (χ2v) is 5.95. The molecule has 0 unspecified atom stereocenters. The summed E-state index contributed by atoms with van der Waals surface area (Å²) in [5, 5.41) is 6.61. The van der Waals surface area contributed by atoms with E-state index in [9.17, 15) is 4.79 Å². The molecule has 1 amide bonds. The minimum absolute atomic E-state index is 0. The van der Waals surface area contributed by atoms with Crippen LogP contribution >= 0.6 is 24.2 Å². The highest BCUT2D eigenvalue weighted by molar-refractivity contribution is 7.99. The van der Waals surface area contributed by atoms with E-state index in [1.807, 2.05) is 31.2 Å². The average Bonchev–Trinajstić information content (AvgIpc) is 2.34. The maximum Gasteiger partial charge on any atom is 0.251 e. The maximum atomic E-state index is 11.8. The van der Waals surface area contributed by atoms with Crippen molar-refractivity contribution in [1.29, 1.82) is 0 Å². The van der Waals surface area contributed by atoms with Gasteiger partial charge < -0.3 is 10.6 Å². The zero-order valence-electron chi connectivity index (χ0n) is 11.7. The van der Waals surface area contributed by atoms with Gasteiger partial charge in [0.25, 0.3) is 5.91 Å². The Balaban J connectivity index is 0.00000324. The van der Waals surface area contributed by atoms with Crippen molar-refractivity contribution in [3.8, 4) is 0 Å². The number of nitrogens with one attached hydrogen (secondary N) is 2. The summed E-state index contributed by atoms with van der Waals surface area (Å²) in [5.74, 6) is -0.00556. The second kappa shape index (κ2) is 10.1. The first-order valence-corrected chi connectivity index (χ1v) is 7.27. The third-order valence-corrected chi connectivity index (χ3v) is 3.34. The molecule has 3 nitrogen and oxygen atoms in total. The molecule has 1 aromatic carbocycles. The van der Waals surface area contributed by atoms with Gasteiger partial charge >= 0.3 is 0 Å². The number of hydrogen-bond donors (Lipinski definition) is 2. The zero-order valence-corrected chi connectivity index (χ0v) is 13.4. The van der Waals surface area contributed by atoms with Crippen LogP contribution in [0.5, 0.6) is 0 Å². The third-order valence-electron chi connectivity index (χ3n) is 2.33. The summed E-state index contributed by atoms with van der Waals surface area (Å²) < 4.78 is 0. The van der Waals surface area contributed by atoms with E-state index in [0.29, 0.717) is 11.8 Å². The standard InChI is InChI=1S/C14H22N2OS.ClH/c1-4-15-9-10-16-14(17)12-5-7-13(8-6-12)18-11(2)3;/h5-8,11,15H,4,9-10H2,1-3H3,(H,16,17);1H. The van der Waals surface area contributed by atoms with E-state index < -0.39 is 0 Å². The smallest absolute Gasteiger partial charge is 0.251 e. The highest BCUT2D eigenvalue weighted by Gasteiger charge is 2.05. The molecule has 0 aromatic heterocycles. The Kier molecular flexibility index (Phi) is 9.74.